The molecule has 0 fully saturated rings. The summed E-state index contributed by atoms with van der Waals surface area (Å²) in [7, 11) is 0.486. The lowest BCUT2D eigenvalue weighted by Crippen LogP contribution is -2.22. The van der Waals surface area contributed by atoms with Crippen LogP contribution in [0.4, 0.5) is 0 Å². The number of thiazole rings is 1. The van der Waals surface area contributed by atoms with Crippen LogP contribution in [-0.2, 0) is 11.5 Å². The summed E-state index contributed by atoms with van der Waals surface area (Å²) in [5, 5.41) is 2.00. The fourth-order valence-corrected chi connectivity index (χ4v) is 5.37. The number of ether oxygens (including phenoxy) is 2. The van der Waals surface area contributed by atoms with Crippen LogP contribution in [0.25, 0.3) is 32.4 Å². The molecule has 0 bridgehead atoms. The third-order valence-corrected chi connectivity index (χ3v) is 8.20. The van der Waals surface area contributed by atoms with E-state index in [1.54, 1.807) is 18.7 Å². The number of benzene rings is 1. The molecular weight excluding hydrogens is 457 g/mol. The summed E-state index contributed by atoms with van der Waals surface area (Å²) >= 11 is 14.5. The molecule has 0 unspecified atom stereocenters. The van der Waals surface area contributed by atoms with Crippen molar-refractivity contribution >= 4 is 63.9 Å². The molecule has 0 radical (unpaired) electrons. The van der Waals surface area contributed by atoms with Gasteiger partial charge in [0.1, 0.15) is 23.3 Å². The number of hydrogen-bond acceptors (Lipinski definition) is 5. The second kappa shape index (κ2) is 8.47. The molecular formula is C21H23Cl2N3O2SSi. The van der Waals surface area contributed by atoms with E-state index in [0.717, 1.165) is 45.0 Å². The Hall–Kier alpha value is -1.64. The third-order valence-electron chi connectivity index (χ3n) is 4.93. The summed E-state index contributed by atoms with van der Waals surface area (Å²) in [6.45, 7) is 8.14. The van der Waals surface area contributed by atoms with Crippen molar-refractivity contribution in [3.05, 3.63) is 40.1 Å². The molecule has 0 aliphatic rings. The van der Waals surface area contributed by atoms with E-state index in [0.29, 0.717) is 22.7 Å². The highest BCUT2D eigenvalue weighted by Crippen LogP contribution is 2.45. The van der Waals surface area contributed by atoms with Gasteiger partial charge in [0.2, 0.25) is 0 Å². The van der Waals surface area contributed by atoms with E-state index in [1.165, 1.54) is 11.3 Å². The highest BCUT2D eigenvalue weighted by Gasteiger charge is 2.21. The minimum Gasteiger partial charge on any atom is -0.496 e. The van der Waals surface area contributed by atoms with Crippen molar-refractivity contribution < 1.29 is 9.47 Å². The first kappa shape index (κ1) is 21.6. The van der Waals surface area contributed by atoms with Crippen LogP contribution in [0.3, 0.4) is 0 Å². The van der Waals surface area contributed by atoms with Gasteiger partial charge in [0, 0.05) is 43.5 Å². The standard InChI is InChI=1S/C21H23Cl2N3O2SSi/c1-27-16-9-15-20(29-11-24-15)19(23)18(16)14-10-26(12-28-7-8-30(2,3)4)21-13(14)5-6-17(22)25-21/h5-6,9-11H,7-8,12H2,1-4H3. The van der Waals surface area contributed by atoms with Crippen LogP contribution in [0.5, 0.6) is 5.75 Å². The zero-order valence-electron chi connectivity index (χ0n) is 17.3. The van der Waals surface area contributed by atoms with E-state index in [-0.39, 0.29) is 0 Å². The van der Waals surface area contributed by atoms with Crippen LogP contribution in [0.1, 0.15) is 0 Å². The van der Waals surface area contributed by atoms with Gasteiger partial charge in [-0.1, -0.05) is 42.8 Å². The Kier molecular flexibility index (Phi) is 6.10. The van der Waals surface area contributed by atoms with Gasteiger partial charge in [-0.2, -0.15) is 0 Å². The number of aromatic nitrogens is 3. The van der Waals surface area contributed by atoms with Gasteiger partial charge in [-0.3, -0.25) is 0 Å². The van der Waals surface area contributed by atoms with Crippen LogP contribution in [-0.4, -0.2) is 36.3 Å². The predicted octanol–water partition coefficient (Wildman–Crippen LogP) is 6.94. The Morgan fingerprint density at radius 1 is 1.20 bits per heavy atom. The molecule has 0 saturated heterocycles. The summed E-state index contributed by atoms with van der Waals surface area (Å²) in [6.07, 6.45) is 2.01. The lowest BCUT2D eigenvalue weighted by Gasteiger charge is -2.15. The number of methoxy groups -OCH3 is 1. The van der Waals surface area contributed by atoms with Gasteiger partial charge in [0.05, 0.1) is 27.9 Å². The molecule has 0 saturated carbocycles. The highest BCUT2D eigenvalue weighted by molar-refractivity contribution is 7.17. The number of halogens is 2. The SMILES string of the molecule is COc1cc2ncsc2c(Cl)c1-c1cn(COCC[Si](C)(C)C)c2nc(Cl)ccc12. The molecule has 5 nitrogen and oxygen atoms in total. The van der Waals surface area contributed by atoms with Crippen molar-refractivity contribution in [1.82, 2.24) is 14.5 Å². The first-order chi connectivity index (χ1) is 14.3. The second-order valence-electron chi connectivity index (χ2n) is 8.33. The van der Waals surface area contributed by atoms with E-state index in [1.807, 2.05) is 22.9 Å². The summed E-state index contributed by atoms with van der Waals surface area (Å²) in [5.74, 6) is 0.673. The Bertz CT molecular complexity index is 1220. The van der Waals surface area contributed by atoms with Gasteiger partial charge in [-0.05, 0) is 18.2 Å². The van der Waals surface area contributed by atoms with Crippen LogP contribution >= 0.6 is 34.5 Å². The van der Waals surface area contributed by atoms with E-state index in [9.17, 15) is 0 Å². The predicted molar refractivity (Wildman–Crippen MR) is 129 cm³/mol. The highest BCUT2D eigenvalue weighted by atomic mass is 35.5. The Balaban J connectivity index is 1.80. The largest absolute Gasteiger partial charge is 0.496 e. The molecule has 0 amide bonds. The normalized spacial score (nSPS) is 12.2. The maximum absolute atomic E-state index is 6.83. The minimum atomic E-state index is -1.15. The number of rotatable bonds is 7. The smallest absolute Gasteiger partial charge is 0.144 e. The molecule has 0 spiro atoms. The Labute approximate surface area is 190 Å². The van der Waals surface area contributed by atoms with Gasteiger partial charge in [0.15, 0.2) is 0 Å². The lowest BCUT2D eigenvalue weighted by atomic mass is 10.0. The maximum atomic E-state index is 6.83. The average molecular weight is 480 g/mol. The van der Waals surface area contributed by atoms with Gasteiger partial charge < -0.3 is 14.0 Å². The summed E-state index contributed by atoms with van der Waals surface area (Å²) in [4.78, 5) is 8.92. The van der Waals surface area contributed by atoms with Crippen molar-refractivity contribution in [3.8, 4) is 16.9 Å². The van der Waals surface area contributed by atoms with Crippen molar-refractivity contribution in [2.24, 2.45) is 0 Å². The molecule has 158 valence electrons. The first-order valence-corrected chi connectivity index (χ1v) is 15.0. The summed E-state index contributed by atoms with van der Waals surface area (Å²) < 4.78 is 14.6. The molecule has 0 atom stereocenters. The zero-order valence-corrected chi connectivity index (χ0v) is 20.7. The lowest BCUT2D eigenvalue weighted by molar-refractivity contribution is 0.0899. The molecule has 9 heteroatoms. The van der Waals surface area contributed by atoms with E-state index in [4.69, 9.17) is 32.7 Å². The van der Waals surface area contributed by atoms with Gasteiger partial charge in [-0.25, -0.2) is 9.97 Å². The monoisotopic (exact) mass is 479 g/mol. The third kappa shape index (κ3) is 4.22. The number of fused-ring (bicyclic) bond motifs is 2. The molecule has 30 heavy (non-hydrogen) atoms. The van der Waals surface area contributed by atoms with Crippen LogP contribution in [0.15, 0.2) is 29.9 Å². The van der Waals surface area contributed by atoms with E-state index in [2.05, 4.69) is 29.6 Å². The number of hydrogen-bond donors (Lipinski definition) is 0. The maximum Gasteiger partial charge on any atom is 0.144 e. The van der Waals surface area contributed by atoms with Crippen LogP contribution in [0.2, 0.25) is 35.9 Å². The molecule has 0 aliphatic heterocycles. The molecule has 3 aromatic heterocycles. The van der Waals surface area contributed by atoms with Crippen molar-refractivity contribution in [2.75, 3.05) is 13.7 Å². The summed E-state index contributed by atoms with van der Waals surface area (Å²) in [6, 6.07) is 6.78. The van der Waals surface area contributed by atoms with Crippen LogP contribution in [0, 0.1) is 0 Å². The van der Waals surface area contributed by atoms with Gasteiger partial charge >= 0.3 is 0 Å². The molecule has 4 aromatic rings. The fourth-order valence-electron chi connectivity index (χ4n) is 3.33. The van der Waals surface area contributed by atoms with E-state index < -0.39 is 8.07 Å². The van der Waals surface area contributed by atoms with Gasteiger partial charge in [-0.15, -0.1) is 11.3 Å². The van der Waals surface area contributed by atoms with Crippen molar-refractivity contribution in [3.63, 3.8) is 0 Å². The molecule has 4 rings (SSSR count). The Morgan fingerprint density at radius 2 is 2.00 bits per heavy atom. The second-order valence-corrected chi connectivity index (χ2v) is 15.6. The van der Waals surface area contributed by atoms with Crippen molar-refractivity contribution in [1.29, 1.82) is 0 Å². The Morgan fingerprint density at radius 3 is 2.73 bits per heavy atom. The quantitative estimate of drug-likeness (QED) is 0.163. The minimum absolute atomic E-state index is 0.400. The average Bonchev–Trinajstić information content (AvgIpc) is 3.29. The fraction of sp³-hybridized carbons (Fsp3) is 0.333. The first-order valence-electron chi connectivity index (χ1n) is 9.61. The molecule has 3 heterocycles. The topological polar surface area (TPSA) is 49.2 Å². The number of nitrogens with zero attached hydrogens (tertiary/aromatic N) is 3. The molecule has 0 aliphatic carbocycles. The number of pyridine rings is 1. The zero-order chi connectivity index (χ0) is 21.5. The van der Waals surface area contributed by atoms with E-state index >= 15 is 0 Å². The van der Waals surface area contributed by atoms with Gasteiger partial charge in [0.25, 0.3) is 0 Å². The molecule has 0 N–H and O–H groups in total. The van der Waals surface area contributed by atoms with Crippen LogP contribution < -0.4 is 4.74 Å². The summed E-state index contributed by atoms with van der Waals surface area (Å²) in [5.41, 5.74) is 5.13. The van der Waals surface area contributed by atoms with Crippen molar-refractivity contribution in [2.45, 2.75) is 32.4 Å². The molecule has 1 aromatic carbocycles.